The van der Waals surface area contributed by atoms with Crippen molar-refractivity contribution in [3.05, 3.63) is 35.8 Å². The maximum Gasteiger partial charge on any atom is 0.433 e. The normalized spacial score (nSPS) is 14.5. The zero-order valence-electron chi connectivity index (χ0n) is 16.7. The van der Waals surface area contributed by atoms with Gasteiger partial charge in [0.25, 0.3) is 0 Å². The zero-order valence-corrected chi connectivity index (χ0v) is 17.5. The number of nitrogens with one attached hydrogen (secondary N) is 1. The van der Waals surface area contributed by atoms with E-state index in [-0.39, 0.29) is 27.7 Å². The molecule has 11 heteroatoms. The number of fused-ring (bicyclic) bond motifs is 1. The Morgan fingerprint density at radius 1 is 1.23 bits per heavy atom. The summed E-state index contributed by atoms with van der Waals surface area (Å²) in [6.45, 7) is 4.94. The fourth-order valence-corrected chi connectivity index (χ4v) is 3.97. The first-order valence-electron chi connectivity index (χ1n) is 8.90. The predicted molar refractivity (Wildman–Crippen MR) is 105 cm³/mol. The summed E-state index contributed by atoms with van der Waals surface area (Å²) in [7, 11) is -1.70. The van der Waals surface area contributed by atoms with E-state index in [9.17, 15) is 22.6 Å². The highest BCUT2D eigenvalue weighted by molar-refractivity contribution is 7.92. The van der Waals surface area contributed by atoms with Crippen molar-refractivity contribution in [3.63, 3.8) is 0 Å². The average Bonchev–Trinajstić information content (AvgIpc) is 3.02. The van der Waals surface area contributed by atoms with Crippen molar-refractivity contribution in [2.45, 2.75) is 37.3 Å². The largest absolute Gasteiger partial charge is 0.433 e. The summed E-state index contributed by atoms with van der Waals surface area (Å²) >= 11 is 0. The Kier molecular flexibility index (Phi) is 5.10. The van der Waals surface area contributed by atoms with Gasteiger partial charge in [-0.05, 0) is 31.5 Å². The molecule has 1 unspecified atom stereocenters. The summed E-state index contributed by atoms with van der Waals surface area (Å²) in [5.74, 6) is 0.165. The average molecular weight is 436 g/mol. The third-order valence-corrected chi connectivity index (χ3v) is 6.72. The highest BCUT2D eigenvalue weighted by Gasteiger charge is 2.33. The first kappa shape index (κ1) is 21.7. The van der Waals surface area contributed by atoms with Crippen LogP contribution in [0.1, 0.15) is 32.0 Å². The minimum Gasteiger partial charge on any atom is -0.325 e. The molecule has 0 aliphatic rings. The molecule has 0 saturated carbocycles. The van der Waals surface area contributed by atoms with Gasteiger partial charge in [0.05, 0.1) is 43.3 Å². The van der Waals surface area contributed by atoms with Gasteiger partial charge in [-0.1, -0.05) is 6.92 Å². The van der Waals surface area contributed by atoms with Crippen molar-refractivity contribution >= 4 is 20.8 Å². The predicted octanol–water partition coefficient (Wildman–Crippen LogP) is 4.28. The van der Waals surface area contributed by atoms with Gasteiger partial charge < -0.3 is 4.57 Å². The van der Waals surface area contributed by atoms with E-state index < -0.39 is 27.0 Å². The van der Waals surface area contributed by atoms with Crippen LogP contribution in [0.2, 0.25) is 0 Å². The van der Waals surface area contributed by atoms with E-state index >= 15 is 0 Å². The van der Waals surface area contributed by atoms with Crippen molar-refractivity contribution < 1.29 is 17.4 Å². The number of halogens is 3. The Bertz CT molecular complexity index is 1290. The molecule has 158 valence electrons. The smallest absolute Gasteiger partial charge is 0.325 e. The summed E-state index contributed by atoms with van der Waals surface area (Å²) < 4.78 is 61.8. The molecular weight excluding hydrogens is 417 g/mol. The van der Waals surface area contributed by atoms with Gasteiger partial charge in [0, 0.05) is 19.0 Å². The van der Waals surface area contributed by atoms with Gasteiger partial charge in [-0.3, -0.25) is 4.98 Å². The molecule has 0 saturated heterocycles. The lowest BCUT2D eigenvalue weighted by Gasteiger charge is -2.18. The molecule has 0 aliphatic carbocycles. The van der Waals surface area contributed by atoms with Gasteiger partial charge in [0.2, 0.25) is 0 Å². The van der Waals surface area contributed by atoms with Gasteiger partial charge in [-0.15, -0.1) is 0 Å². The standard InChI is InChI=1S/C19H19F3N6OS/c1-5-30(24,29)14-6-11(18(2,3)10-23)8-26-16(14)17-27-12-7-15(19(20,21)22)25-9-13(12)28(17)4/h6-9,24H,5H2,1-4H3. The molecule has 3 aromatic rings. The van der Waals surface area contributed by atoms with E-state index in [1.54, 1.807) is 27.8 Å². The van der Waals surface area contributed by atoms with Crippen LogP contribution in [0.3, 0.4) is 0 Å². The van der Waals surface area contributed by atoms with E-state index in [0.29, 0.717) is 11.1 Å². The lowest BCUT2D eigenvalue weighted by Crippen LogP contribution is -2.17. The number of aromatic nitrogens is 4. The summed E-state index contributed by atoms with van der Waals surface area (Å²) in [5.41, 5.74) is -1.01. The summed E-state index contributed by atoms with van der Waals surface area (Å²) in [6, 6.07) is 4.48. The van der Waals surface area contributed by atoms with Crippen LogP contribution in [0.5, 0.6) is 0 Å². The molecule has 1 N–H and O–H groups in total. The van der Waals surface area contributed by atoms with Gasteiger partial charge in [0.1, 0.15) is 11.4 Å². The van der Waals surface area contributed by atoms with Gasteiger partial charge in [0.15, 0.2) is 5.82 Å². The number of rotatable bonds is 4. The molecule has 0 spiro atoms. The summed E-state index contributed by atoms with van der Waals surface area (Å²) in [5, 5.41) is 9.40. The van der Waals surface area contributed by atoms with Crippen molar-refractivity contribution in [2.24, 2.45) is 7.05 Å². The molecule has 3 heterocycles. The second-order valence-corrected chi connectivity index (χ2v) is 9.69. The van der Waals surface area contributed by atoms with Crippen molar-refractivity contribution in [1.82, 2.24) is 19.5 Å². The Hall–Kier alpha value is -3.00. The number of aryl methyl sites for hydroxylation is 1. The van der Waals surface area contributed by atoms with Crippen molar-refractivity contribution in [2.75, 3.05) is 5.75 Å². The van der Waals surface area contributed by atoms with Gasteiger partial charge in [-0.25, -0.2) is 19.0 Å². The second-order valence-electron chi connectivity index (χ2n) is 7.32. The number of pyridine rings is 2. The SMILES string of the molecule is CCS(=N)(=O)c1cc(C(C)(C)C#N)cnc1-c1nc2cc(C(F)(F)F)ncc2n1C. The molecule has 30 heavy (non-hydrogen) atoms. The van der Waals surface area contributed by atoms with E-state index in [1.165, 1.54) is 16.8 Å². The number of nitrogens with zero attached hydrogens (tertiary/aromatic N) is 5. The molecule has 0 radical (unpaired) electrons. The zero-order chi connectivity index (χ0) is 22.5. The van der Waals surface area contributed by atoms with Crippen LogP contribution < -0.4 is 0 Å². The Morgan fingerprint density at radius 2 is 1.90 bits per heavy atom. The Morgan fingerprint density at radius 3 is 2.47 bits per heavy atom. The van der Waals surface area contributed by atoms with E-state index in [0.717, 1.165) is 12.3 Å². The Balaban J connectivity index is 2.31. The number of hydrogen-bond acceptors (Lipinski definition) is 6. The van der Waals surface area contributed by atoms with Crippen molar-refractivity contribution in [3.8, 4) is 17.6 Å². The van der Waals surface area contributed by atoms with E-state index in [1.807, 2.05) is 0 Å². The van der Waals surface area contributed by atoms with Crippen LogP contribution in [-0.4, -0.2) is 29.5 Å². The van der Waals surface area contributed by atoms with Crippen LogP contribution in [0.25, 0.3) is 22.6 Å². The molecule has 0 amide bonds. The molecular formula is C19H19F3N6OS. The molecule has 7 nitrogen and oxygen atoms in total. The number of alkyl halides is 3. The van der Waals surface area contributed by atoms with Crippen LogP contribution >= 0.6 is 0 Å². The summed E-state index contributed by atoms with van der Waals surface area (Å²) in [6.07, 6.45) is -2.11. The van der Waals surface area contributed by atoms with Gasteiger partial charge >= 0.3 is 6.18 Å². The number of imidazole rings is 1. The maximum atomic E-state index is 13.0. The lowest BCUT2D eigenvalue weighted by atomic mass is 9.87. The molecule has 0 fully saturated rings. The first-order chi connectivity index (χ1) is 13.8. The molecule has 0 aromatic carbocycles. The number of hydrogen-bond donors (Lipinski definition) is 1. The highest BCUT2D eigenvalue weighted by atomic mass is 32.2. The minimum absolute atomic E-state index is 0.00182. The van der Waals surface area contributed by atoms with Crippen molar-refractivity contribution in [1.29, 1.82) is 10.0 Å². The number of nitriles is 1. The minimum atomic E-state index is -4.61. The molecule has 3 rings (SSSR count). The van der Waals surface area contributed by atoms with Gasteiger partial charge in [-0.2, -0.15) is 18.4 Å². The third kappa shape index (κ3) is 3.63. The third-order valence-electron chi connectivity index (χ3n) is 4.89. The molecule has 0 bridgehead atoms. The second kappa shape index (κ2) is 7.05. The quantitative estimate of drug-likeness (QED) is 0.657. The van der Waals surface area contributed by atoms with Crippen LogP contribution in [0.15, 0.2) is 29.4 Å². The van der Waals surface area contributed by atoms with E-state index in [4.69, 9.17) is 4.78 Å². The Labute approximate surface area is 171 Å². The lowest BCUT2D eigenvalue weighted by molar-refractivity contribution is -0.141. The maximum absolute atomic E-state index is 13.0. The van der Waals surface area contributed by atoms with Crippen LogP contribution in [0, 0.1) is 16.1 Å². The topological polar surface area (TPSA) is 108 Å². The molecule has 0 aliphatic heterocycles. The molecule has 1 atom stereocenters. The van der Waals surface area contributed by atoms with Crippen LogP contribution in [0.4, 0.5) is 13.2 Å². The fraction of sp³-hybridized carbons (Fsp3) is 0.368. The fourth-order valence-electron chi connectivity index (χ4n) is 2.88. The van der Waals surface area contributed by atoms with E-state index in [2.05, 4.69) is 21.0 Å². The summed E-state index contributed by atoms with van der Waals surface area (Å²) in [4.78, 5) is 12.1. The molecule has 3 aromatic heterocycles. The monoisotopic (exact) mass is 436 g/mol. The first-order valence-corrected chi connectivity index (χ1v) is 10.6. The highest BCUT2D eigenvalue weighted by Crippen LogP contribution is 2.34. The van der Waals surface area contributed by atoms with Crippen LogP contribution in [-0.2, 0) is 28.4 Å².